The predicted octanol–water partition coefficient (Wildman–Crippen LogP) is -0.532. The summed E-state index contributed by atoms with van der Waals surface area (Å²) in [6, 6.07) is 0. The Balaban J connectivity index is 1.95. The van der Waals surface area contributed by atoms with Crippen LogP contribution in [0.4, 0.5) is 0 Å². The summed E-state index contributed by atoms with van der Waals surface area (Å²) in [6.45, 7) is 0. The third-order valence-electron chi connectivity index (χ3n) is 3.67. The van der Waals surface area contributed by atoms with Gasteiger partial charge in [-0.15, -0.1) is 0 Å². The smallest absolute Gasteiger partial charge is 0.318 e. The van der Waals surface area contributed by atoms with Crippen molar-refractivity contribution in [3.8, 4) is 0 Å². The number of fused-ring (bicyclic) bond motifs is 3. The van der Waals surface area contributed by atoms with Gasteiger partial charge in [-0.05, 0) is 6.42 Å². The molecule has 0 amide bonds. The molecule has 0 radical (unpaired) electrons. The summed E-state index contributed by atoms with van der Waals surface area (Å²) in [4.78, 5) is 34.4. The maximum Gasteiger partial charge on any atom is 0.318 e. The quantitative estimate of drug-likeness (QED) is 0.441. The lowest BCUT2D eigenvalue weighted by Crippen LogP contribution is -2.25. The van der Waals surface area contributed by atoms with Crippen LogP contribution >= 0.6 is 0 Å². The van der Waals surface area contributed by atoms with Gasteiger partial charge in [0.25, 0.3) is 0 Å². The third kappa shape index (κ3) is 1.02. The van der Waals surface area contributed by atoms with Crippen molar-refractivity contribution in [1.82, 2.24) is 0 Å². The normalized spacial score (nSPS) is 45.3. The van der Waals surface area contributed by atoms with E-state index in [1.54, 1.807) is 0 Å². The molecule has 3 rings (SSSR count). The molecule has 0 aromatic heterocycles. The second-order valence-electron chi connectivity index (χ2n) is 4.34. The van der Waals surface area contributed by atoms with Crippen molar-refractivity contribution >= 4 is 17.9 Å². The largest absolute Gasteiger partial charge is 0.435 e. The average molecular weight is 226 g/mol. The molecule has 86 valence electrons. The Bertz CT molecular complexity index is 389. The summed E-state index contributed by atoms with van der Waals surface area (Å²) in [5.41, 5.74) is 0. The highest BCUT2D eigenvalue weighted by molar-refractivity contribution is 6.00. The van der Waals surface area contributed by atoms with Gasteiger partial charge in [-0.25, -0.2) is 0 Å². The predicted molar refractivity (Wildman–Crippen MR) is 46.6 cm³/mol. The van der Waals surface area contributed by atoms with Gasteiger partial charge in [0, 0.05) is 13.0 Å². The molecule has 6 heteroatoms. The molecule has 3 aliphatic rings. The fourth-order valence-corrected chi connectivity index (χ4v) is 3.00. The topological polar surface area (TPSA) is 78.9 Å². The minimum atomic E-state index is -0.662. The molecule has 0 N–H and O–H groups in total. The molecule has 3 fully saturated rings. The lowest BCUT2D eigenvalue weighted by atomic mass is 9.89. The molecule has 5 atom stereocenters. The van der Waals surface area contributed by atoms with Crippen LogP contribution in [0.5, 0.6) is 0 Å². The first-order valence-electron chi connectivity index (χ1n) is 5.12. The fourth-order valence-electron chi connectivity index (χ4n) is 3.00. The van der Waals surface area contributed by atoms with Crippen LogP contribution in [0.3, 0.4) is 0 Å². The van der Waals surface area contributed by atoms with Crippen LogP contribution in [0.2, 0.25) is 0 Å². The second kappa shape index (κ2) is 3.04. The number of cyclic esters (lactones) is 3. The first-order chi connectivity index (χ1) is 7.63. The van der Waals surface area contributed by atoms with Crippen LogP contribution in [0.1, 0.15) is 6.42 Å². The molecule has 1 saturated carbocycles. The first kappa shape index (κ1) is 9.77. The Morgan fingerprint density at radius 1 is 1.12 bits per heavy atom. The number of carbonyl (C=O) groups is 3. The number of esters is 3. The molecule has 2 aliphatic heterocycles. The van der Waals surface area contributed by atoms with Gasteiger partial charge in [-0.1, -0.05) is 0 Å². The molecule has 5 unspecified atom stereocenters. The molecule has 0 aromatic rings. The second-order valence-corrected chi connectivity index (χ2v) is 4.34. The van der Waals surface area contributed by atoms with Crippen molar-refractivity contribution in [3.63, 3.8) is 0 Å². The maximum atomic E-state index is 11.6. The molecule has 16 heavy (non-hydrogen) atoms. The number of ether oxygens (including phenoxy) is 3. The van der Waals surface area contributed by atoms with E-state index < -0.39 is 42.0 Å². The first-order valence-corrected chi connectivity index (χ1v) is 5.12. The zero-order valence-electron chi connectivity index (χ0n) is 8.54. The van der Waals surface area contributed by atoms with Crippen LogP contribution in [0.25, 0.3) is 0 Å². The summed E-state index contributed by atoms with van der Waals surface area (Å²) >= 11 is 0. The van der Waals surface area contributed by atoms with Gasteiger partial charge in [0.1, 0.15) is 0 Å². The molecule has 0 spiro atoms. The summed E-state index contributed by atoms with van der Waals surface area (Å²) in [5, 5.41) is 0. The number of carbonyl (C=O) groups excluding carboxylic acids is 3. The molecule has 2 heterocycles. The van der Waals surface area contributed by atoms with E-state index in [0.717, 1.165) is 0 Å². The van der Waals surface area contributed by atoms with E-state index in [1.165, 1.54) is 7.11 Å². The van der Waals surface area contributed by atoms with Gasteiger partial charge in [-0.3, -0.25) is 14.4 Å². The highest BCUT2D eigenvalue weighted by atomic mass is 16.7. The Morgan fingerprint density at radius 2 is 1.88 bits per heavy atom. The number of hydrogen-bond donors (Lipinski definition) is 0. The van der Waals surface area contributed by atoms with Crippen molar-refractivity contribution in [2.45, 2.75) is 12.7 Å². The van der Waals surface area contributed by atoms with Gasteiger partial charge in [0.15, 0.2) is 0 Å². The van der Waals surface area contributed by atoms with Crippen LogP contribution in [0, 0.1) is 23.7 Å². The van der Waals surface area contributed by atoms with E-state index in [2.05, 4.69) is 4.74 Å². The highest BCUT2D eigenvalue weighted by Gasteiger charge is 2.64. The van der Waals surface area contributed by atoms with Crippen molar-refractivity contribution in [1.29, 1.82) is 0 Å². The number of hydrogen-bond acceptors (Lipinski definition) is 6. The zero-order chi connectivity index (χ0) is 11.4. The Kier molecular flexibility index (Phi) is 1.85. The van der Waals surface area contributed by atoms with Crippen molar-refractivity contribution in [2.24, 2.45) is 23.7 Å². The summed E-state index contributed by atoms with van der Waals surface area (Å²) in [6.07, 6.45) is -0.215. The van der Waals surface area contributed by atoms with E-state index in [-0.39, 0.29) is 5.92 Å². The molecule has 0 aromatic carbocycles. The summed E-state index contributed by atoms with van der Waals surface area (Å²) in [7, 11) is 1.44. The monoisotopic (exact) mass is 226 g/mol. The number of methoxy groups -OCH3 is 1. The molecule has 2 saturated heterocycles. The SMILES string of the molecule is COC1OC(=O)C2C1CC1C(=O)OC(=O)C12. The molecule has 1 aliphatic carbocycles. The molecule has 0 bridgehead atoms. The third-order valence-corrected chi connectivity index (χ3v) is 3.67. The summed E-state index contributed by atoms with van der Waals surface area (Å²) in [5.74, 6) is -3.52. The Labute approximate surface area is 90.8 Å². The average Bonchev–Trinajstić information content (AvgIpc) is 2.83. The van der Waals surface area contributed by atoms with E-state index >= 15 is 0 Å². The maximum absolute atomic E-state index is 11.6. The standard InChI is InChI=1S/C10H10O6/c1-14-10-4-2-3-5(6(4)9(13)16-10)8(12)15-7(3)11/h3-6,10H,2H2,1H3. The van der Waals surface area contributed by atoms with Gasteiger partial charge >= 0.3 is 17.9 Å². The Hall–Kier alpha value is -1.43. The van der Waals surface area contributed by atoms with Crippen molar-refractivity contribution in [3.05, 3.63) is 0 Å². The van der Waals surface area contributed by atoms with Gasteiger partial charge in [0.2, 0.25) is 6.29 Å². The van der Waals surface area contributed by atoms with E-state index in [9.17, 15) is 14.4 Å². The fraction of sp³-hybridized carbons (Fsp3) is 0.700. The lowest BCUT2D eigenvalue weighted by molar-refractivity contribution is -0.164. The minimum Gasteiger partial charge on any atom is -0.435 e. The van der Waals surface area contributed by atoms with Crippen LogP contribution in [-0.2, 0) is 28.6 Å². The Morgan fingerprint density at radius 3 is 2.56 bits per heavy atom. The van der Waals surface area contributed by atoms with E-state index in [1.807, 2.05) is 0 Å². The van der Waals surface area contributed by atoms with E-state index in [0.29, 0.717) is 6.42 Å². The molecule has 6 nitrogen and oxygen atoms in total. The molecular formula is C10H10O6. The van der Waals surface area contributed by atoms with E-state index in [4.69, 9.17) is 9.47 Å². The van der Waals surface area contributed by atoms with Crippen LogP contribution in [-0.4, -0.2) is 31.3 Å². The van der Waals surface area contributed by atoms with Gasteiger partial charge in [-0.2, -0.15) is 0 Å². The van der Waals surface area contributed by atoms with Crippen LogP contribution in [0.15, 0.2) is 0 Å². The summed E-state index contributed by atoms with van der Waals surface area (Å²) < 4.78 is 14.5. The minimum absolute atomic E-state index is 0.204. The van der Waals surface area contributed by atoms with Crippen LogP contribution < -0.4 is 0 Å². The highest BCUT2D eigenvalue weighted by Crippen LogP contribution is 2.51. The number of rotatable bonds is 1. The van der Waals surface area contributed by atoms with Crippen molar-refractivity contribution < 1.29 is 28.6 Å². The van der Waals surface area contributed by atoms with Crippen molar-refractivity contribution in [2.75, 3.05) is 7.11 Å². The lowest BCUT2D eigenvalue weighted by Gasteiger charge is -2.13. The molecular weight excluding hydrogens is 216 g/mol. The van der Waals surface area contributed by atoms with Gasteiger partial charge in [0.05, 0.1) is 17.8 Å². The zero-order valence-corrected chi connectivity index (χ0v) is 8.54. The van der Waals surface area contributed by atoms with Gasteiger partial charge < -0.3 is 14.2 Å².